The monoisotopic (exact) mass is 342 g/mol. The van der Waals surface area contributed by atoms with Crippen LogP contribution in [0.25, 0.3) is 0 Å². The number of carboxylic acid groups (broad SMARTS) is 1. The molecule has 2 unspecified atom stereocenters. The van der Waals surface area contributed by atoms with E-state index in [1.807, 2.05) is 48.5 Å². The summed E-state index contributed by atoms with van der Waals surface area (Å²) in [5, 5.41) is 10.1. The molecule has 0 aliphatic heterocycles. The second-order valence-electron chi connectivity index (χ2n) is 6.45. The van der Waals surface area contributed by atoms with Crippen LogP contribution >= 0.6 is 11.8 Å². The summed E-state index contributed by atoms with van der Waals surface area (Å²) in [5.41, 5.74) is 2.26. The van der Waals surface area contributed by atoms with E-state index in [0.29, 0.717) is 18.8 Å². The molecule has 2 rings (SSSR count). The second kappa shape index (κ2) is 8.93. The standard InChI is InChI=1S/C21H26O2S/c1-3-17(2)14-21(20(22)23,15-18-10-6-4-7-11-18)24-16-19-12-8-5-9-13-19/h4-13,17H,3,14-16H2,1-2H3,(H,22,23). The summed E-state index contributed by atoms with van der Waals surface area (Å²) >= 11 is 1.57. The Labute approximate surface area is 149 Å². The molecule has 24 heavy (non-hydrogen) atoms. The maximum Gasteiger partial charge on any atom is 0.320 e. The zero-order chi connectivity index (χ0) is 17.4. The summed E-state index contributed by atoms with van der Waals surface area (Å²) in [7, 11) is 0. The van der Waals surface area contributed by atoms with Crippen molar-refractivity contribution in [1.82, 2.24) is 0 Å². The third-order valence-corrected chi connectivity index (χ3v) is 5.97. The molecule has 0 amide bonds. The fourth-order valence-corrected chi connectivity index (χ4v) is 4.27. The molecule has 0 bridgehead atoms. The molecule has 0 fully saturated rings. The molecule has 0 aromatic heterocycles. The minimum absolute atomic E-state index is 0.382. The van der Waals surface area contributed by atoms with Gasteiger partial charge in [0.25, 0.3) is 0 Å². The van der Waals surface area contributed by atoms with Crippen LogP contribution in [-0.2, 0) is 17.0 Å². The Bertz CT molecular complexity index is 627. The zero-order valence-corrected chi connectivity index (χ0v) is 15.3. The van der Waals surface area contributed by atoms with Crippen molar-refractivity contribution < 1.29 is 9.90 Å². The fraction of sp³-hybridized carbons (Fsp3) is 0.381. The van der Waals surface area contributed by atoms with Crippen LogP contribution in [-0.4, -0.2) is 15.8 Å². The van der Waals surface area contributed by atoms with Crippen LogP contribution in [0.15, 0.2) is 60.7 Å². The maximum absolute atomic E-state index is 12.3. The van der Waals surface area contributed by atoms with Gasteiger partial charge in [0.05, 0.1) is 0 Å². The van der Waals surface area contributed by atoms with Crippen LogP contribution in [0.2, 0.25) is 0 Å². The molecule has 0 radical (unpaired) electrons. The van der Waals surface area contributed by atoms with Gasteiger partial charge in [-0.2, -0.15) is 0 Å². The summed E-state index contributed by atoms with van der Waals surface area (Å²) in [4.78, 5) is 12.3. The first-order valence-corrected chi connectivity index (χ1v) is 9.49. The van der Waals surface area contributed by atoms with Crippen molar-refractivity contribution in [3.05, 3.63) is 71.8 Å². The van der Waals surface area contributed by atoms with E-state index < -0.39 is 10.7 Å². The van der Waals surface area contributed by atoms with E-state index in [1.165, 1.54) is 5.56 Å². The minimum Gasteiger partial charge on any atom is -0.480 e. The van der Waals surface area contributed by atoms with Crippen molar-refractivity contribution in [3.63, 3.8) is 0 Å². The summed E-state index contributed by atoms with van der Waals surface area (Å²) in [5.74, 6) is 0.400. The SMILES string of the molecule is CCC(C)CC(Cc1ccccc1)(SCc1ccccc1)C(=O)O. The molecule has 1 N–H and O–H groups in total. The molecule has 0 aliphatic carbocycles. The normalized spacial score (nSPS) is 14.8. The molecule has 2 aromatic rings. The van der Waals surface area contributed by atoms with Crippen molar-refractivity contribution in [2.24, 2.45) is 5.92 Å². The van der Waals surface area contributed by atoms with E-state index in [-0.39, 0.29) is 0 Å². The Morgan fingerprint density at radius 3 is 2.08 bits per heavy atom. The van der Waals surface area contributed by atoms with Gasteiger partial charge in [0.15, 0.2) is 0 Å². The molecule has 0 spiro atoms. The van der Waals surface area contributed by atoms with Gasteiger partial charge in [0.1, 0.15) is 4.75 Å². The lowest BCUT2D eigenvalue weighted by molar-refractivity contribution is -0.140. The Balaban J connectivity index is 2.24. The van der Waals surface area contributed by atoms with E-state index in [9.17, 15) is 9.90 Å². The van der Waals surface area contributed by atoms with Gasteiger partial charge in [-0.1, -0.05) is 80.9 Å². The van der Waals surface area contributed by atoms with E-state index >= 15 is 0 Å². The molecular weight excluding hydrogens is 316 g/mol. The van der Waals surface area contributed by atoms with E-state index in [1.54, 1.807) is 11.8 Å². The highest BCUT2D eigenvalue weighted by molar-refractivity contribution is 8.00. The number of hydrogen-bond donors (Lipinski definition) is 1. The highest BCUT2D eigenvalue weighted by Gasteiger charge is 2.40. The molecule has 0 saturated heterocycles. The van der Waals surface area contributed by atoms with Gasteiger partial charge in [-0.3, -0.25) is 4.79 Å². The number of carbonyl (C=O) groups is 1. The molecule has 128 valence electrons. The average Bonchev–Trinajstić information content (AvgIpc) is 2.61. The van der Waals surface area contributed by atoms with Crippen LogP contribution in [0.4, 0.5) is 0 Å². The fourth-order valence-electron chi connectivity index (χ4n) is 2.84. The smallest absolute Gasteiger partial charge is 0.320 e. The molecule has 2 nitrogen and oxygen atoms in total. The first kappa shape index (κ1) is 18.6. The van der Waals surface area contributed by atoms with Gasteiger partial charge in [-0.15, -0.1) is 11.8 Å². The van der Waals surface area contributed by atoms with Crippen molar-refractivity contribution >= 4 is 17.7 Å². The third kappa shape index (κ3) is 5.13. The van der Waals surface area contributed by atoms with Gasteiger partial charge in [-0.05, 0) is 29.9 Å². The van der Waals surface area contributed by atoms with Gasteiger partial charge in [0.2, 0.25) is 0 Å². The number of benzene rings is 2. The first-order chi connectivity index (χ1) is 11.6. The van der Waals surface area contributed by atoms with Crippen LogP contribution < -0.4 is 0 Å². The van der Waals surface area contributed by atoms with E-state index in [2.05, 4.69) is 26.0 Å². The molecule has 0 aliphatic rings. The first-order valence-electron chi connectivity index (χ1n) is 8.51. The molecule has 0 heterocycles. The van der Waals surface area contributed by atoms with Crippen LogP contribution in [0, 0.1) is 5.92 Å². The van der Waals surface area contributed by atoms with Crippen LogP contribution in [0.3, 0.4) is 0 Å². The van der Waals surface area contributed by atoms with Gasteiger partial charge in [-0.25, -0.2) is 0 Å². The van der Waals surface area contributed by atoms with E-state index in [4.69, 9.17) is 0 Å². The lowest BCUT2D eigenvalue weighted by Crippen LogP contribution is -2.39. The highest BCUT2D eigenvalue weighted by atomic mass is 32.2. The number of carboxylic acids is 1. The molecule has 3 heteroatoms. The van der Waals surface area contributed by atoms with Gasteiger partial charge < -0.3 is 5.11 Å². The number of aliphatic carboxylic acids is 1. The quantitative estimate of drug-likeness (QED) is 0.661. The maximum atomic E-state index is 12.3. The predicted octanol–water partition coefficient (Wildman–Crippen LogP) is 5.42. The average molecular weight is 343 g/mol. The number of rotatable bonds is 9. The zero-order valence-electron chi connectivity index (χ0n) is 14.4. The molecular formula is C21H26O2S. The topological polar surface area (TPSA) is 37.3 Å². The Morgan fingerprint density at radius 1 is 1.04 bits per heavy atom. The van der Waals surface area contributed by atoms with Gasteiger partial charge in [0, 0.05) is 5.75 Å². The van der Waals surface area contributed by atoms with Gasteiger partial charge >= 0.3 is 5.97 Å². The molecule has 0 saturated carbocycles. The highest BCUT2D eigenvalue weighted by Crippen LogP contribution is 2.39. The van der Waals surface area contributed by atoms with Crippen molar-refractivity contribution in [1.29, 1.82) is 0 Å². The summed E-state index contributed by atoms with van der Waals surface area (Å²) in [6, 6.07) is 20.1. The van der Waals surface area contributed by atoms with Crippen molar-refractivity contribution in [3.8, 4) is 0 Å². The molecule has 2 aromatic carbocycles. The minimum atomic E-state index is -0.785. The summed E-state index contributed by atoms with van der Waals surface area (Å²) in [6.07, 6.45) is 2.24. The lowest BCUT2D eigenvalue weighted by Gasteiger charge is -2.31. The number of hydrogen-bond acceptors (Lipinski definition) is 2. The summed E-state index contributed by atoms with van der Waals surface area (Å²) in [6.45, 7) is 4.27. The second-order valence-corrected chi connectivity index (χ2v) is 7.81. The molecule has 2 atom stereocenters. The Kier molecular flexibility index (Phi) is 6.92. The predicted molar refractivity (Wildman–Crippen MR) is 102 cm³/mol. The van der Waals surface area contributed by atoms with Crippen molar-refractivity contribution in [2.45, 2.75) is 43.6 Å². The van der Waals surface area contributed by atoms with Crippen LogP contribution in [0.1, 0.15) is 37.8 Å². The Morgan fingerprint density at radius 2 is 1.58 bits per heavy atom. The van der Waals surface area contributed by atoms with E-state index in [0.717, 1.165) is 17.7 Å². The Hall–Kier alpha value is -1.74. The number of thioether (sulfide) groups is 1. The third-order valence-electron chi connectivity index (χ3n) is 4.46. The van der Waals surface area contributed by atoms with Crippen molar-refractivity contribution in [2.75, 3.05) is 0 Å². The summed E-state index contributed by atoms with van der Waals surface area (Å²) < 4.78 is -0.785. The lowest BCUT2D eigenvalue weighted by atomic mass is 9.88. The largest absolute Gasteiger partial charge is 0.480 e. The van der Waals surface area contributed by atoms with Crippen LogP contribution in [0.5, 0.6) is 0 Å².